The molecule has 2 rings (SSSR count). The Morgan fingerprint density at radius 2 is 1.93 bits per heavy atom. The molecule has 1 amide bonds. The highest BCUT2D eigenvalue weighted by Crippen LogP contribution is 2.09. The van der Waals surface area contributed by atoms with Crippen molar-refractivity contribution >= 4 is 11.9 Å². The molecule has 1 aliphatic heterocycles. The molecule has 1 fully saturated rings. The molecule has 0 bridgehead atoms. The SMILES string of the molecule is CN=C(NCCc1nc(C(C)C)no1)N1CCN(CC(=O)NC(C)C)CC1. The van der Waals surface area contributed by atoms with E-state index in [1.807, 2.05) is 27.7 Å². The first-order valence-electron chi connectivity index (χ1n) is 9.68. The van der Waals surface area contributed by atoms with Crippen molar-refractivity contribution in [3.8, 4) is 0 Å². The van der Waals surface area contributed by atoms with Gasteiger partial charge in [-0.3, -0.25) is 14.7 Å². The second-order valence-corrected chi connectivity index (χ2v) is 7.41. The molecule has 27 heavy (non-hydrogen) atoms. The maximum Gasteiger partial charge on any atom is 0.234 e. The zero-order valence-corrected chi connectivity index (χ0v) is 17.2. The van der Waals surface area contributed by atoms with Gasteiger partial charge in [-0.1, -0.05) is 19.0 Å². The van der Waals surface area contributed by atoms with Gasteiger partial charge in [-0.15, -0.1) is 0 Å². The third kappa shape index (κ3) is 6.82. The number of rotatable bonds is 7. The molecule has 0 aliphatic carbocycles. The van der Waals surface area contributed by atoms with Crippen LogP contribution in [0, 0.1) is 0 Å². The van der Waals surface area contributed by atoms with Crippen LogP contribution >= 0.6 is 0 Å². The van der Waals surface area contributed by atoms with Gasteiger partial charge in [-0.25, -0.2) is 0 Å². The summed E-state index contributed by atoms with van der Waals surface area (Å²) in [6.45, 7) is 12.5. The number of guanidine groups is 1. The predicted molar refractivity (Wildman–Crippen MR) is 105 cm³/mol. The van der Waals surface area contributed by atoms with Crippen molar-refractivity contribution in [2.45, 2.75) is 46.1 Å². The zero-order chi connectivity index (χ0) is 19.8. The van der Waals surface area contributed by atoms with Gasteiger partial charge in [0.1, 0.15) is 0 Å². The van der Waals surface area contributed by atoms with Crippen LogP contribution < -0.4 is 10.6 Å². The molecule has 2 N–H and O–H groups in total. The minimum atomic E-state index is 0.0845. The van der Waals surface area contributed by atoms with E-state index in [4.69, 9.17) is 4.52 Å². The molecule has 0 saturated carbocycles. The van der Waals surface area contributed by atoms with E-state index in [2.05, 4.69) is 35.6 Å². The molecule has 1 aromatic rings. The molecule has 0 aromatic carbocycles. The summed E-state index contributed by atoms with van der Waals surface area (Å²) in [5.41, 5.74) is 0. The number of hydrogen-bond donors (Lipinski definition) is 2. The molecule has 2 heterocycles. The van der Waals surface area contributed by atoms with Gasteiger partial charge in [0.15, 0.2) is 11.8 Å². The Morgan fingerprint density at radius 1 is 1.22 bits per heavy atom. The molecular formula is C18H33N7O2. The van der Waals surface area contributed by atoms with Crippen LogP contribution in [0.1, 0.15) is 45.3 Å². The Hall–Kier alpha value is -2.16. The van der Waals surface area contributed by atoms with Crippen LogP contribution in [-0.2, 0) is 11.2 Å². The van der Waals surface area contributed by atoms with Gasteiger partial charge >= 0.3 is 0 Å². The zero-order valence-electron chi connectivity index (χ0n) is 17.2. The van der Waals surface area contributed by atoms with E-state index < -0.39 is 0 Å². The molecule has 9 heteroatoms. The molecule has 0 unspecified atom stereocenters. The van der Waals surface area contributed by atoms with Gasteiger partial charge in [0.05, 0.1) is 6.54 Å². The normalized spacial score (nSPS) is 16.3. The van der Waals surface area contributed by atoms with Gasteiger partial charge in [0, 0.05) is 58.2 Å². The van der Waals surface area contributed by atoms with E-state index in [0.29, 0.717) is 25.4 Å². The average molecular weight is 380 g/mol. The average Bonchev–Trinajstić information content (AvgIpc) is 3.08. The van der Waals surface area contributed by atoms with Crippen molar-refractivity contribution < 1.29 is 9.32 Å². The van der Waals surface area contributed by atoms with Gasteiger partial charge in [0.25, 0.3) is 0 Å². The summed E-state index contributed by atoms with van der Waals surface area (Å²) in [4.78, 5) is 25.0. The minimum Gasteiger partial charge on any atom is -0.356 e. The monoisotopic (exact) mass is 379 g/mol. The van der Waals surface area contributed by atoms with E-state index in [9.17, 15) is 4.79 Å². The molecule has 0 radical (unpaired) electrons. The van der Waals surface area contributed by atoms with E-state index in [1.54, 1.807) is 7.05 Å². The fourth-order valence-corrected chi connectivity index (χ4v) is 2.91. The summed E-state index contributed by atoms with van der Waals surface area (Å²) in [5, 5.41) is 10.3. The van der Waals surface area contributed by atoms with Crippen LogP contribution in [0.5, 0.6) is 0 Å². The topological polar surface area (TPSA) is 98.9 Å². The van der Waals surface area contributed by atoms with Crippen molar-refractivity contribution in [1.29, 1.82) is 0 Å². The van der Waals surface area contributed by atoms with Gasteiger partial charge < -0.3 is 20.1 Å². The fourth-order valence-electron chi connectivity index (χ4n) is 2.91. The highest BCUT2D eigenvalue weighted by molar-refractivity contribution is 5.80. The first-order valence-corrected chi connectivity index (χ1v) is 9.68. The summed E-state index contributed by atoms with van der Waals surface area (Å²) < 4.78 is 5.27. The Labute approximate surface area is 161 Å². The first-order chi connectivity index (χ1) is 12.9. The van der Waals surface area contributed by atoms with E-state index in [0.717, 1.165) is 38.0 Å². The molecule has 1 saturated heterocycles. The van der Waals surface area contributed by atoms with Crippen molar-refractivity contribution in [1.82, 2.24) is 30.6 Å². The van der Waals surface area contributed by atoms with Crippen molar-refractivity contribution in [2.75, 3.05) is 46.3 Å². The second kappa shape index (κ2) is 10.2. The number of carbonyl (C=O) groups excluding carboxylic acids is 1. The van der Waals surface area contributed by atoms with Crippen LogP contribution in [0.4, 0.5) is 0 Å². The molecular weight excluding hydrogens is 346 g/mol. The Morgan fingerprint density at radius 3 is 2.48 bits per heavy atom. The number of piperazine rings is 1. The Balaban J connectivity index is 1.72. The summed E-state index contributed by atoms with van der Waals surface area (Å²) in [6, 6.07) is 0.178. The molecule has 0 spiro atoms. The molecule has 0 atom stereocenters. The van der Waals surface area contributed by atoms with E-state index in [1.165, 1.54) is 0 Å². The number of carbonyl (C=O) groups is 1. The Bertz CT molecular complexity index is 619. The smallest absolute Gasteiger partial charge is 0.234 e. The lowest BCUT2D eigenvalue weighted by Gasteiger charge is -2.36. The number of nitrogens with one attached hydrogen (secondary N) is 2. The Kier molecular flexibility index (Phi) is 8.02. The highest BCUT2D eigenvalue weighted by Gasteiger charge is 2.21. The maximum atomic E-state index is 11.9. The third-order valence-electron chi connectivity index (χ3n) is 4.32. The number of amides is 1. The minimum absolute atomic E-state index is 0.0845. The number of aromatic nitrogens is 2. The lowest BCUT2D eigenvalue weighted by molar-refractivity contribution is -0.123. The summed E-state index contributed by atoms with van der Waals surface area (Å²) in [5.74, 6) is 2.60. The maximum absolute atomic E-state index is 11.9. The quantitative estimate of drug-likeness (QED) is 0.524. The summed E-state index contributed by atoms with van der Waals surface area (Å²) in [7, 11) is 1.79. The third-order valence-corrected chi connectivity index (χ3v) is 4.32. The summed E-state index contributed by atoms with van der Waals surface area (Å²) >= 11 is 0. The molecule has 152 valence electrons. The fraction of sp³-hybridized carbons (Fsp3) is 0.778. The van der Waals surface area contributed by atoms with Gasteiger partial charge in [0.2, 0.25) is 11.8 Å². The number of nitrogens with zero attached hydrogens (tertiary/aromatic N) is 5. The molecule has 1 aromatic heterocycles. The van der Waals surface area contributed by atoms with E-state index >= 15 is 0 Å². The second-order valence-electron chi connectivity index (χ2n) is 7.41. The van der Waals surface area contributed by atoms with Gasteiger partial charge in [-0.05, 0) is 13.8 Å². The lowest BCUT2D eigenvalue weighted by Crippen LogP contribution is -2.54. The van der Waals surface area contributed by atoms with Crippen LogP contribution in [0.2, 0.25) is 0 Å². The molecule has 9 nitrogen and oxygen atoms in total. The van der Waals surface area contributed by atoms with Crippen LogP contribution in [0.25, 0.3) is 0 Å². The highest BCUT2D eigenvalue weighted by atomic mass is 16.5. The largest absolute Gasteiger partial charge is 0.356 e. The van der Waals surface area contributed by atoms with Crippen LogP contribution in [-0.4, -0.2) is 84.2 Å². The van der Waals surface area contributed by atoms with Crippen LogP contribution in [0.3, 0.4) is 0 Å². The standard InChI is InChI=1S/C18H33N7O2/c1-13(2)17-22-16(27-23-17)6-7-20-18(19-5)25-10-8-24(9-11-25)12-15(26)21-14(3)4/h13-14H,6-12H2,1-5H3,(H,19,20)(H,21,26). The van der Waals surface area contributed by atoms with Crippen molar-refractivity contribution in [3.05, 3.63) is 11.7 Å². The van der Waals surface area contributed by atoms with Gasteiger partial charge in [-0.2, -0.15) is 4.98 Å². The predicted octanol–water partition coefficient (Wildman–Crippen LogP) is 0.453. The molecule has 1 aliphatic rings. The van der Waals surface area contributed by atoms with Crippen molar-refractivity contribution in [2.24, 2.45) is 4.99 Å². The van der Waals surface area contributed by atoms with Crippen molar-refractivity contribution in [3.63, 3.8) is 0 Å². The van der Waals surface area contributed by atoms with Crippen LogP contribution in [0.15, 0.2) is 9.52 Å². The summed E-state index contributed by atoms with van der Waals surface area (Å²) in [6.07, 6.45) is 0.661. The van der Waals surface area contributed by atoms with E-state index in [-0.39, 0.29) is 17.9 Å². The first kappa shape index (κ1) is 21.1. The number of aliphatic imine (C=N–C) groups is 1. The number of hydrogen-bond acceptors (Lipinski definition) is 6. The lowest BCUT2D eigenvalue weighted by atomic mass is 10.2.